The molecule has 1 fully saturated rings. The van der Waals surface area contributed by atoms with E-state index in [0.717, 1.165) is 12.8 Å². The number of methoxy groups -OCH3 is 1. The molecule has 1 aliphatic rings. The highest BCUT2D eigenvalue weighted by Gasteiger charge is 2.21. The second-order valence-corrected chi connectivity index (χ2v) is 4.19. The molecule has 0 spiro atoms. The van der Waals surface area contributed by atoms with Crippen LogP contribution in [-0.2, 0) is 4.79 Å². The maximum Gasteiger partial charge on any atom is 0.339 e. The Morgan fingerprint density at radius 3 is 2.78 bits per heavy atom. The molecular weight excluding hydrogens is 234 g/mol. The van der Waals surface area contributed by atoms with Crippen molar-refractivity contribution in [3.05, 3.63) is 23.8 Å². The zero-order chi connectivity index (χ0) is 13.1. The number of benzene rings is 1. The van der Waals surface area contributed by atoms with Crippen LogP contribution in [0.25, 0.3) is 0 Å². The maximum absolute atomic E-state index is 11.8. The monoisotopic (exact) mass is 249 g/mol. The lowest BCUT2D eigenvalue weighted by Gasteiger charge is -2.27. The molecule has 96 valence electrons. The van der Waals surface area contributed by atoms with Crippen molar-refractivity contribution < 1.29 is 19.4 Å². The predicted molar refractivity (Wildman–Crippen MR) is 66.2 cm³/mol. The van der Waals surface area contributed by atoms with E-state index in [9.17, 15) is 9.59 Å². The molecule has 1 saturated heterocycles. The summed E-state index contributed by atoms with van der Waals surface area (Å²) in [6, 6.07) is 4.79. The second-order valence-electron chi connectivity index (χ2n) is 4.19. The molecule has 1 N–H and O–H groups in total. The third-order valence-corrected chi connectivity index (χ3v) is 3.05. The number of hydrogen-bond acceptors (Lipinski definition) is 3. The molecule has 1 aromatic rings. The summed E-state index contributed by atoms with van der Waals surface area (Å²) >= 11 is 0. The molecule has 0 atom stereocenters. The molecule has 5 nitrogen and oxygen atoms in total. The highest BCUT2D eigenvalue weighted by Crippen LogP contribution is 2.27. The molecule has 0 aliphatic carbocycles. The van der Waals surface area contributed by atoms with Crippen LogP contribution in [-0.4, -0.2) is 30.6 Å². The fourth-order valence-corrected chi connectivity index (χ4v) is 2.11. The number of carbonyl (C=O) groups excluding carboxylic acids is 1. The Bertz CT molecular complexity index is 484. The number of anilines is 1. The minimum atomic E-state index is -1.06. The van der Waals surface area contributed by atoms with Crippen LogP contribution in [0.2, 0.25) is 0 Å². The van der Waals surface area contributed by atoms with Gasteiger partial charge in [0.15, 0.2) is 0 Å². The zero-order valence-corrected chi connectivity index (χ0v) is 10.2. The number of amides is 1. The van der Waals surface area contributed by atoms with Gasteiger partial charge >= 0.3 is 5.97 Å². The molecule has 5 heteroatoms. The molecule has 1 aliphatic heterocycles. The van der Waals surface area contributed by atoms with Crippen LogP contribution in [0.15, 0.2) is 18.2 Å². The Labute approximate surface area is 105 Å². The molecule has 0 unspecified atom stereocenters. The van der Waals surface area contributed by atoms with Crippen LogP contribution < -0.4 is 9.64 Å². The number of ether oxygens (including phenoxy) is 1. The van der Waals surface area contributed by atoms with Crippen molar-refractivity contribution in [2.45, 2.75) is 19.3 Å². The smallest absolute Gasteiger partial charge is 0.339 e. The number of nitrogens with zero attached hydrogens (tertiary/aromatic N) is 1. The number of carboxylic acid groups (broad SMARTS) is 1. The minimum Gasteiger partial charge on any atom is -0.496 e. The van der Waals surface area contributed by atoms with Gasteiger partial charge in [0.05, 0.1) is 7.11 Å². The van der Waals surface area contributed by atoms with Crippen molar-refractivity contribution in [1.82, 2.24) is 0 Å². The van der Waals surface area contributed by atoms with Crippen molar-refractivity contribution in [3.8, 4) is 5.75 Å². The Morgan fingerprint density at radius 2 is 2.17 bits per heavy atom. The Kier molecular flexibility index (Phi) is 3.50. The van der Waals surface area contributed by atoms with Crippen molar-refractivity contribution in [2.24, 2.45) is 0 Å². The molecule has 1 aromatic carbocycles. The lowest BCUT2D eigenvalue weighted by molar-refractivity contribution is -0.119. The molecule has 0 aromatic heterocycles. The molecule has 18 heavy (non-hydrogen) atoms. The first-order valence-corrected chi connectivity index (χ1v) is 5.85. The number of piperidine rings is 1. The van der Waals surface area contributed by atoms with E-state index in [0.29, 0.717) is 24.4 Å². The highest BCUT2D eigenvalue weighted by molar-refractivity contribution is 5.97. The molecular formula is C13H15NO4. The first kappa shape index (κ1) is 12.4. The summed E-state index contributed by atoms with van der Waals surface area (Å²) in [5.74, 6) is -0.711. The molecule has 1 amide bonds. The third kappa shape index (κ3) is 2.30. The number of aromatic carboxylic acids is 1. The molecule has 0 bridgehead atoms. The summed E-state index contributed by atoms with van der Waals surface area (Å²) < 4.78 is 4.99. The Hall–Kier alpha value is -2.04. The van der Waals surface area contributed by atoms with Crippen LogP contribution in [0.4, 0.5) is 5.69 Å². The van der Waals surface area contributed by atoms with Crippen LogP contribution in [0.5, 0.6) is 5.75 Å². The van der Waals surface area contributed by atoms with Gasteiger partial charge in [-0.3, -0.25) is 4.79 Å². The van der Waals surface area contributed by atoms with E-state index in [1.807, 2.05) is 0 Å². The van der Waals surface area contributed by atoms with Gasteiger partial charge in [-0.15, -0.1) is 0 Å². The molecule has 0 radical (unpaired) electrons. The lowest BCUT2D eigenvalue weighted by atomic mass is 10.1. The first-order chi connectivity index (χ1) is 8.63. The number of carbonyl (C=O) groups is 2. The lowest BCUT2D eigenvalue weighted by Crippen LogP contribution is -2.35. The minimum absolute atomic E-state index is 0.0442. The zero-order valence-electron chi connectivity index (χ0n) is 10.2. The van der Waals surface area contributed by atoms with Gasteiger partial charge in [0.2, 0.25) is 5.91 Å². The van der Waals surface area contributed by atoms with Crippen LogP contribution >= 0.6 is 0 Å². The average Bonchev–Trinajstić information content (AvgIpc) is 2.38. The number of rotatable bonds is 3. The normalized spacial score (nSPS) is 15.6. The highest BCUT2D eigenvalue weighted by atomic mass is 16.5. The van der Waals surface area contributed by atoms with Gasteiger partial charge < -0.3 is 14.7 Å². The van der Waals surface area contributed by atoms with E-state index in [-0.39, 0.29) is 11.5 Å². The first-order valence-electron chi connectivity index (χ1n) is 5.85. The molecule has 2 rings (SSSR count). The number of hydrogen-bond donors (Lipinski definition) is 1. The topological polar surface area (TPSA) is 66.8 Å². The SMILES string of the molecule is COc1ccc(N2CCCCC2=O)cc1C(=O)O. The average molecular weight is 249 g/mol. The largest absolute Gasteiger partial charge is 0.496 e. The van der Waals surface area contributed by atoms with E-state index in [2.05, 4.69) is 0 Å². The van der Waals surface area contributed by atoms with Gasteiger partial charge in [0.1, 0.15) is 11.3 Å². The van der Waals surface area contributed by atoms with E-state index in [1.54, 1.807) is 17.0 Å². The maximum atomic E-state index is 11.8. The van der Waals surface area contributed by atoms with E-state index in [4.69, 9.17) is 9.84 Å². The molecule has 1 heterocycles. The number of carboxylic acids is 1. The Morgan fingerprint density at radius 1 is 1.39 bits per heavy atom. The van der Waals surface area contributed by atoms with Crippen LogP contribution in [0.3, 0.4) is 0 Å². The van der Waals surface area contributed by atoms with Gasteiger partial charge in [-0.05, 0) is 31.0 Å². The fourth-order valence-electron chi connectivity index (χ4n) is 2.11. The summed E-state index contributed by atoms with van der Waals surface area (Å²) in [4.78, 5) is 24.5. The van der Waals surface area contributed by atoms with Crippen molar-refractivity contribution >= 4 is 17.6 Å². The summed E-state index contributed by atoms with van der Waals surface area (Å²) in [5, 5.41) is 9.10. The van der Waals surface area contributed by atoms with Gasteiger partial charge in [0.25, 0.3) is 0 Å². The van der Waals surface area contributed by atoms with Crippen LogP contribution in [0.1, 0.15) is 29.6 Å². The van der Waals surface area contributed by atoms with E-state index < -0.39 is 5.97 Å². The summed E-state index contributed by atoms with van der Waals surface area (Å²) in [7, 11) is 1.42. The van der Waals surface area contributed by atoms with E-state index in [1.165, 1.54) is 13.2 Å². The standard InChI is InChI=1S/C13H15NO4/c1-18-11-6-5-9(8-10(11)13(16)17)14-7-3-2-4-12(14)15/h5-6,8H,2-4,7H2,1H3,(H,16,17). The quantitative estimate of drug-likeness (QED) is 0.888. The van der Waals surface area contributed by atoms with Gasteiger partial charge in [-0.25, -0.2) is 4.79 Å². The molecule has 0 saturated carbocycles. The van der Waals surface area contributed by atoms with Gasteiger partial charge in [-0.2, -0.15) is 0 Å². The predicted octanol–water partition coefficient (Wildman–Crippen LogP) is 1.91. The van der Waals surface area contributed by atoms with Crippen molar-refractivity contribution in [3.63, 3.8) is 0 Å². The second kappa shape index (κ2) is 5.08. The van der Waals surface area contributed by atoms with E-state index >= 15 is 0 Å². The third-order valence-electron chi connectivity index (χ3n) is 3.05. The summed E-state index contributed by atoms with van der Waals surface area (Å²) in [5.41, 5.74) is 0.700. The van der Waals surface area contributed by atoms with Crippen LogP contribution in [0, 0.1) is 0 Å². The Balaban J connectivity index is 2.36. The van der Waals surface area contributed by atoms with Gasteiger partial charge in [0, 0.05) is 18.7 Å². The summed E-state index contributed by atoms with van der Waals surface area (Å²) in [6.07, 6.45) is 2.37. The van der Waals surface area contributed by atoms with Crippen molar-refractivity contribution in [2.75, 3.05) is 18.6 Å². The fraction of sp³-hybridized carbons (Fsp3) is 0.385. The van der Waals surface area contributed by atoms with Gasteiger partial charge in [-0.1, -0.05) is 0 Å². The summed E-state index contributed by atoms with van der Waals surface area (Å²) in [6.45, 7) is 0.643. The van der Waals surface area contributed by atoms with Crippen molar-refractivity contribution in [1.29, 1.82) is 0 Å².